The van der Waals surface area contributed by atoms with Crippen LogP contribution < -0.4 is 11.1 Å². The normalized spacial score (nSPS) is 18.2. The van der Waals surface area contributed by atoms with E-state index in [4.69, 9.17) is 5.73 Å². The minimum Gasteiger partial charge on any atom is -0.351 e. The number of hydrogen-bond donors (Lipinski definition) is 3. The van der Waals surface area contributed by atoms with Crippen LogP contribution in [0.4, 0.5) is 19.1 Å². The van der Waals surface area contributed by atoms with Crippen LogP contribution in [-0.2, 0) is 16.0 Å². The van der Waals surface area contributed by atoms with Crippen LogP contribution in [0, 0.1) is 18.3 Å². The van der Waals surface area contributed by atoms with E-state index in [2.05, 4.69) is 25.3 Å². The number of nitrogens with one attached hydrogen (secondary N) is 2. The van der Waals surface area contributed by atoms with E-state index in [1.54, 1.807) is 6.92 Å². The highest BCUT2D eigenvalue weighted by Gasteiger charge is 2.41. The Balaban J connectivity index is 1.74. The third-order valence-electron chi connectivity index (χ3n) is 6.77. The summed E-state index contributed by atoms with van der Waals surface area (Å²) in [4.78, 5) is 14.0. The third-order valence-corrected chi connectivity index (χ3v) is 8.63. The molecular weight excluding hydrogens is 531 g/mol. The summed E-state index contributed by atoms with van der Waals surface area (Å²) in [6.07, 6.45) is 1.35. The van der Waals surface area contributed by atoms with Crippen molar-refractivity contribution < 1.29 is 21.6 Å². The van der Waals surface area contributed by atoms with Crippen LogP contribution in [0.25, 0.3) is 22.3 Å². The largest absolute Gasteiger partial charge is 0.419 e. The van der Waals surface area contributed by atoms with Gasteiger partial charge >= 0.3 is 6.18 Å². The molecule has 0 amide bonds. The van der Waals surface area contributed by atoms with E-state index in [-0.39, 0.29) is 50.8 Å². The number of nitrogens with zero attached hydrogens (tertiary/aromatic N) is 4. The molecule has 1 aliphatic carbocycles. The number of aromatic nitrogens is 4. The lowest BCUT2D eigenvalue weighted by Gasteiger charge is -2.27. The molecule has 1 fully saturated rings. The molecular formula is C26H24F3N7O2S. The van der Waals surface area contributed by atoms with Crippen molar-refractivity contribution in [1.29, 1.82) is 5.26 Å². The van der Waals surface area contributed by atoms with E-state index in [0.29, 0.717) is 12.6 Å². The van der Waals surface area contributed by atoms with Crippen molar-refractivity contribution in [2.75, 3.05) is 5.32 Å². The van der Waals surface area contributed by atoms with Gasteiger partial charge in [0.1, 0.15) is 11.7 Å². The second kappa shape index (κ2) is 9.94. The molecule has 1 aliphatic rings. The molecule has 9 nitrogen and oxygen atoms in total. The first-order valence-electron chi connectivity index (χ1n) is 12.2. The number of halogens is 3. The summed E-state index contributed by atoms with van der Waals surface area (Å²) in [6, 6.07) is 7.47. The molecule has 5 rings (SSSR count). The highest BCUT2D eigenvalue weighted by Crippen LogP contribution is 2.43. The predicted octanol–water partition coefficient (Wildman–Crippen LogP) is 4.73. The monoisotopic (exact) mass is 555 g/mol. The number of H-pyrrole nitrogens is 1. The van der Waals surface area contributed by atoms with E-state index in [1.807, 2.05) is 6.07 Å². The highest BCUT2D eigenvalue weighted by atomic mass is 32.2. The molecule has 2 unspecified atom stereocenters. The SMILES string of the molecule is Cc1ccc(S(=O)(=O)c2c(C(F)(F)F)cnc3[nH]cc(-c4nc(NC5CCCC(N)C5)ncc4C#N)c23)cc1. The van der Waals surface area contributed by atoms with E-state index in [1.165, 1.54) is 36.7 Å². The number of aromatic amines is 1. The molecule has 0 spiro atoms. The average Bonchev–Trinajstić information content (AvgIpc) is 3.32. The standard InChI is InChI=1S/C26H24F3N7O2S/c1-14-5-7-18(8-6-14)39(37,38)23-20(26(27,28)29)13-33-24-21(23)19(12-32-24)22-15(10-30)11-34-25(36-22)35-17-4-2-3-16(31)9-17/h5-8,11-13,16-17H,2-4,9,31H2,1H3,(H,32,33)(H,34,35,36). The molecule has 1 saturated carbocycles. The number of rotatable bonds is 5. The zero-order valence-electron chi connectivity index (χ0n) is 20.7. The minimum absolute atomic E-state index is 0.0170. The first-order valence-corrected chi connectivity index (χ1v) is 13.7. The molecule has 4 N–H and O–H groups in total. The zero-order valence-corrected chi connectivity index (χ0v) is 21.6. The van der Waals surface area contributed by atoms with Crippen LogP contribution in [0.15, 0.2) is 52.6 Å². The molecule has 202 valence electrons. The van der Waals surface area contributed by atoms with Crippen molar-refractivity contribution in [3.8, 4) is 17.3 Å². The third kappa shape index (κ3) is 5.05. The Bertz CT molecular complexity index is 1690. The number of aryl methyl sites for hydroxylation is 1. The molecule has 0 aliphatic heterocycles. The molecule has 3 aromatic heterocycles. The van der Waals surface area contributed by atoms with Gasteiger partial charge in [0.25, 0.3) is 0 Å². The molecule has 39 heavy (non-hydrogen) atoms. The van der Waals surface area contributed by atoms with Crippen molar-refractivity contribution in [2.45, 2.75) is 60.7 Å². The van der Waals surface area contributed by atoms with Crippen molar-refractivity contribution in [2.24, 2.45) is 5.73 Å². The first-order chi connectivity index (χ1) is 18.5. The van der Waals surface area contributed by atoms with E-state index in [9.17, 15) is 26.9 Å². The summed E-state index contributed by atoms with van der Waals surface area (Å²) in [5.74, 6) is 0.153. The van der Waals surface area contributed by atoms with Crippen LogP contribution in [0.2, 0.25) is 0 Å². The smallest absolute Gasteiger partial charge is 0.351 e. The van der Waals surface area contributed by atoms with Gasteiger partial charge in [-0.25, -0.2) is 23.4 Å². The maximum atomic E-state index is 14.2. The zero-order chi connectivity index (χ0) is 27.9. The Morgan fingerprint density at radius 2 is 1.90 bits per heavy atom. The fraction of sp³-hybridized carbons (Fsp3) is 0.308. The summed E-state index contributed by atoms with van der Waals surface area (Å²) in [7, 11) is -4.69. The lowest BCUT2D eigenvalue weighted by molar-refractivity contribution is -0.139. The number of hydrogen-bond acceptors (Lipinski definition) is 8. The predicted molar refractivity (Wildman–Crippen MR) is 137 cm³/mol. The van der Waals surface area contributed by atoms with Crippen LogP contribution in [0.3, 0.4) is 0 Å². The van der Waals surface area contributed by atoms with Crippen molar-refractivity contribution in [3.63, 3.8) is 0 Å². The lowest BCUT2D eigenvalue weighted by Crippen LogP contribution is -2.35. The van der Waals surface area contributed by atoms with E-state index < -0.39 is 26.5 Å². The van der Waals surface area contributed by atoms with Gasteiger partial charge in [-0.15, -0.1) is 0 Å². The summed E-state index contributed by atoms with van der Waals surface area (Å²) in [6.45, 7) is 1.73. The molecule has 0 bridgehead atoms. The quantitative estimate of drug-likeness (QED) is 0.320. The molecule has 1 aromatic carbocycles. The first kappa shape index (κ1) is 26.6. The molecule has 2 atom stereocenters. The van der Waals surface area contributed by atoms with Gasteiger partial charge in [-0.2, -0.15) is 18.4 Å². The van der Waals surface area contributed by atoms with Crippen LogP contribution in [0.5, 0.6) is 0 Å². The summed E-state index contributed by atoms with van der Waals surface area (Å²) >= 11 is 0. The number of pyridine rings is 1. The average molecular weight is 556 g/mol. The van der Waals surface area contributed by atoms with E-state index in [0.717, 1.165) is 24.8 Å². The summed E-state index contributed by atoms with van der Waals surface area (Å²) in [5.41, 5.74) is 5.21. The van der Waals surface area contributed by atoms with Crippen molar-refractivity contribution in [3.05, 3.63) is 59.5 Å². The van der Waals surface area contributed by atoms with E-state index >= 15 is 0 Å². The van der Waals surface area contributed by atoms with Gasteiger partial charge in [-0.1, -0.05) is 17.7 Å². The van der Waals surface area contributed by atoms with Gasteiger partial charge in [0, 0.05) is 35.4 Å². The van der Waals surface area contributed by atoms with Crippen molar-refractivity contribution in [1.82, 2.24) is 19.9 Å². The minimum atomic E-state index is -5.03. The number of alkyl halides is 3. The second-order valence-corrected chi connectivity index (χ2v) is 11.5. The lowest BCUT2D eigenvalue weighted by atomic mass is 9.92. The number of benzene rings is 1. The topological polar surface area (TPSA) is 150 Å². The van der Waals surface area contributed by atoms with Gasteiger partial charge in [-0.3, -0.25) is 0 Å². The van der Waals surface area contributed by atoms with Crippen LogP contribution in [-0.4, -0.2) is 40.4 Å². The Morgan fingerprint density at radius 1 is 1.15 bits per heavy atom. The van der Waals surface area contributed by atoms with Crippen LogP contribution in [0.1, 0.15) is 42.4 Å². The fourth-order valence-electron chi connectivity index (χ4n) is 4.85. The van der Waals surface area contributed by atoms with Gasteiger partial charge in [0.15, 0.2) is 0 Å². The maximum Gasteiger partial charge on any atom is 0.419 e. The van der Waals surface area contributed by atoms with Crippen molar-refractivity contribution >= 4 is 26.8 Å². The Kier molecular flexibility index (Phi) is 6.77. The number of fused-ring (bicyclic) bond motifs is 1. The molecule has 3 heterocycles. The number of nitriles is 1. The van der Waals surface area contributed by atoms with Gasteiger partial charge < -0.3 is 16.0 Å². The highest BCUT2D eigenvalue weighted by molar-refractivity contribution is 7.91. The molecule has 13 heteroatoms. The van der Waals surface area contributed by atoms with Gasteiger partial charge in [-0.05, 0) is 44.7 Å². The number of nitrogens with two attached hydrogens (primary N) is 1. The number of sulfone groups is 1. The van der Waals surface area contributed by atoms with Crippen LogP contribution >= 0.6 is 0 Å². The summed E-state index contributed by atoms with van der Waals surface area (Å²) in [5, 5.41) is 12.6. The Morgan fingerprint density at radius 3 is 2.56 bits per heavy atom. The second-order valence-electron chi connectivity index (χ2n) is 9.58. The maximum absolute atomic E-state index is 14.2. The Hall–Kier alpha value is -4.02. The van der Waals surface area contributed by atoms with Gasteiger partial charge in [0.2, 0.25) is 15.8 Å². The Labute approximate surface area is 222 Å². The number of anilines is 1. The fourth-order valence-corrected chi connectivity index (χ4v) is 6.51. The molecule has 0 saturated heterocycles. The molecule has 0 radical (unpaired) electrons. The van der Waals surface area contributed by atoms with Gasteiger partial charge in [0.05, 0.1) is 32.8 Å². The summed E-state index contributed by atoms with van der Waals surface area (Å²) < 4.78 is 70.2. The molecule has 4 aromatic rings.